The van der Waals surface area contributed by atoms with E-state index in [4.69, 9.17) is 19.4 Å². The molecule has 0 aromatic carbocycles. The van der Waals surface area contributed by atoms with Crippen molar-refractivity contribution < 1.29 is 34.1 Å². The van der Waals surface area contributed by atoms with Gasteiger partial charge in [0.05, 0.1) is 30.3 Å². The molecule has 2 aromatic heterocycles. The smallest absolute Gasteiger partial charge is 0.402 e. The van der Waals surface area contributed by atoms with E-state index in [1.165, 1.54) is 7.11 Å². The predicted molar refractivity (Wildman–Crippen MR) is 120 cm³/mol. The third-order valence-electron chi connectivity index (χ3n) is 4.92. The molecule has 11 heteroatoms. The van der Waals surface area contributed by atoms with Crippen LogP contribution >= 0.6 is 0 Å². The van der Waals surface area contributed by atoms with Gasteiger partial charge in [0.2, 0.25) is 11.8 Å². The fraction of sp³-hybridized carbons (Fsp3) is 0.500. The van der Waals surface area contributed by atoms with Gasteiger partial charge in [-0.05, 0) is 52.2 Å². The zero-order valence-electron chi connectivity index (χ0n) is 19.1. The summed E-state index contributed by atoms with van der Waals surface area (Å²) in [7, 11) is 1.52. The van der Waals surface area contributed by atoms with Crippen molar-refractivity contribution in [3.8, 4) is 5.88 Å². The third kappa shape index (κ3) is 7.56. The Morgan fingerprint density at radius 1 is 1.18 bits per heavy atom. The van der Waals surface area contributed by atoms with E-state index in [-0.39, 0.29) is 12.3 Å². The van der Waals surface area contributed by atoms with Crippen LogP contribution in [0.25, 0.3) is 11.0 Å². The number of fused-ring (bicyclic) bond motifs is 1. The van der Waals surface area contributed by atoms with E-state index in [0.717, 1.165) is 0 Å². The lowest BCUT2D eigenvalue weighted by Crippen LogP contribution is -2.41. The van der Waals surface area contributed by atoms with Crippen molar-refractivity contribution >= 4 is 34.7 Å². The monoisotopic (exact) mass is 462 g/mol. The van der Waals surface area contributed by atoms with Crippen LogP contribution in [0.4, 0.5) is 10.5 Å². The molecule has 33 heavy (non-hydrogen) atoms. The molecule has 180 valence electrons. The normalized spacial score (nSPS) is 20.2. The van der Waals surface area contributed by atoms with E-state index >= 15 is 0 Å². The van der Waals surface area contributed by atoms with Gasteiger partial charge in [-0.25, -0.2) is 9.78 Å². The van der Waals surface area contributed by atoms with Gasteiger partial charge in [0.15, 0.2) is 0 Å². The standard InChI is InChI=1S/C21H27N3O5.CH3NO2/c1-21(2,3)29-20(27)13-6-5-12(11-16(13)25)19(26)23-15-9-10-22-14-7-8-17(28-4)24-18(14)15;2-1(3)4/h7-10,12-13,16,25H,5-6,11H2,1-4H3,(H,22,23,26);2H2,(H,3,4)/t12-,13-,16-;/m0./s1. The maximum Gasteiger partial charge on any atom is 0.402 e. The van der Waals surface area contributed by atoms with Crippen molar-refractivity contribution in [1.29, 1.82) is 0 Å². The SMILES string of the molecule is COc1ccc2nccc(NC(=O)[C@H]3CC[C@H](C(=O)OC(C)(C)C)[C@@H](O)C3)c2n1.NC(=O)O. The maximum atomic E-state index is 12.8. The number of amides is 2. The highest BCUT2D eigenvalue weighted by atomic mass is 16.6. The number of nitrogens with one attached hydrogen (secondary N) is 1. The van der Waals surface area contributed by atoms with Crippen LogP contribution in [0.15, 0.2) is 24.4 Å². The zero-order chi connectivity index (χ0) is 24.8. The number of carbonyl (C=O) groups is 3. The first-order valence-corrected chi connectivity index (χ1v) is 10.4. The van der Waals surface area contributed by atoms with Crippen LogP contribution in [0, 0.1) is 11.8 Å². The number of ether oxygens (including phenoxy) is 2. The fourth-order valence-corrected chi connectivity index (χ4v) is 3.49. The number of nitrogens with zero attached hydrogens (tertiary/aromatic N) is 2. The van der Waals surface area contributed by atoms with Gasteiger partial charge in [-0.2, -0.15) is 0 Å². The maximum absolute atomic E-state index is 12.8. The first kappa shape index (κ1) is 25.8. The van der Waals surface area contributed by atoms with E-state index in [9.17, 15) is 14.7 Å². The minimum absolute atomic E-state index is 0.204. The van der Waals surface area contributed by atoms with Crippen LogP contribution in [-0.4, -0.2) is 57.0 Å². The number of anilines is 1. The number of methoxy groups -OCH3 is 1. The molecule has 0 unspecified atom stereocenters. The van der Waals surface area contributed by atoms with Gasteiger partial charge in [-0.3, -0.25) is 14.6 Å². The summed E-state index contributed by atoms with van der Waals surface area (Å²) in [5.41, 5.74) is 5.12. The molecule has 2 heterocycles. The average molecular weight is 463 g/mol. The van der Waals surface area contributed by atoms with E-state index in [1.807, 2.05) is 0 Å². The number of primary amides is 1. The quantitative estimate of drug-likeness (QED) is 0.497. The van der Waals surface area contributed by atoms with Crippen molar-refractivity contribution in [2.75, 3.05) is 12.4 Å². The Kier molecular flexibility index (Phi) is 8.52. The number of aliphatic hydroxyl groups is 1. The molecule has 3 atom stereocenters. The highest BCUT2D eigenvalue weighted by Crippen LogP contribution is 2.32. The summed E-state index contributed by atoms with van der Waals surface area (Å²) in [5, 5.41) is 20.5. The number of carboxylic acid groups (broad SMARTS) is 1. The van der Waals surface area contributed by atoms with Crippen LogP contribution in [0.1, 0.15) is 40.0 Å². The van der Waals surface area contributed by atoms with Crippen molar-refractivity contribution in [1.82, 2.24) is 9.97 Å². The van der Waals surface area contributed by atoms with Gasteiger partial charge in [-0.1, -0.05) is 0 Å². The number of nitrogens with two attached hydrogens (primary N) is 1. The molecule has 0 spiro atoms. The van der Waals surface area contributed by atoms with Crippen LogP contribution in [0.5, 0.6) is 5.88 Å². The van der Waals surface area contributed by atoms with Gasteiger partial charge in [0.1, 0.15) is 11.1 Å². The number of esters is 1. The molecule has 0 bridgehead atoms. The molecular formula is C22H30N4O7. The minimum atomic E-state index is -1.33. The molecule has 1 aliphatic carbocycles. The summed E-state index contributed by atoms with van der Waals surface area (Å²) in [6.45, 7) is 5.37. The van der Waals surface area contributed by atoms with Crippen LogP contribution in [0.2, 0.25) is 0 Å². The molecule has 0 radical (unpaired) electrons. The number of hydrogen-bond acceptors (Lipinski definition) is 8. The van der Waals surface area contributed by atoms with Gasteiger partial charge in [0.25, 0.3) is 0 Å². The van der Waals surface area contributed by atoms with Crippen molar-refractivity contribution in [3.63, 3.8) is 0 Å². The zero-order valence-corrected chi connectivity index (χ0v) is 19.1. The summed E-state index contributed by atoms with van der Waals surface area (Å²) in [6, 6.07) is 5.15. The summed E-state index contributed by atoms with van der Waals surface area (Å²) >= 11 is 0. The van der Waals surface area contributed by atoms with Gasteiger partial charge in [-0.15, -0.1) is 0 Å². The first-order chi connectivity index (χ1) is 15.4. The molecule has 3 rings (SSSR count). The number of hydrogen-bond donors (Lipinski definition) is 4. The molecule has 0 aliphatic heterocycles. The van der Waals surface area contributed by atoms with Crippen molar-refractivity contribution in [2.24, 2.45) is 17.6 Å². The van der Waals surface area contributed by atoms with E-state index < -0.39 is 35.6 Å². The van der Waals surface area contributed by atoms with Crippen LogP contribution in [0.3, 0.4) is 0 Å². The average Bonchev–Trinajstić information content (AvgIpc) is 2.71. The lowest BCUT2D eigenvalue weighted by Gasteiger charge is -2.33. The summed E-state index contributed by atoms with van der Waals surface area (Å²) < 4.78 is 10.5. The largest absolute Gasteiger partial charge is 0.481 e. The highest BCUT2D eigenvalue weighted by molar-refractivity contribution is 6.00. The third-order valence-corrected chi connectivity index (χ3v) is 4.92. The van der Waals surface area contributed by atoms with E-state index in [1.54, 1.807) is 45.2 Å². The molecule has 11 nitrogen and oxygen atoms in total. The molecule has 2 amide bonds. The van der Waals surface area contributed by atoms with Crippen LogP contribution < -0.4 is 15.8 Å². The highest BCUT2D eigenvalue weighted by Gasteiger charge is 2.38. The van der Waals surface area contributed by atoms with Gasteiger partial charge >= 0.3 is 12.1 Å². The Morgan fingerprint density at radius 3 is 2.42 bits per heavy atom. The second-order valence-corrected chi connectivity index (χ2v) is 8.62. The summed E-state index contributed by atoms with van der Waals surface area (Å²) in [4.78, 5) is 42.5. The second kappa shape index (κ2) is 10.9. The topological polar surface area (TPSA) is 174 Å². The molecular weight excluding hydrogens is 432 g/mol. The summed E-state index contributed by atoms with van der Waals surface area (Å²) in [5.74, 6) is -1.22. The Hall–Kier alpha value is -3.47. The molecule has 2 aromatic rings. The van der Waals surface area contributed by atoms with E-state index in [0.29, 0.717) is 35.4 Å². The fourth-order valence-electron chi connectivity index (χ4n) is 3.49. The van der Waals surface area contributed by atoms with Crippen molar-refractivity contribution in [3.05, 3.63) is 24.4 Å². The lowest BCUT2D eigenvalue weighted by molar-refractivity contribution is -0.167. The Morgan fingerprint density at radius 2 is 1.85 bits per heavy atom. The molecule has 1 aliphatic rings. The first-order valence-electron chi connectivity index (χ1n) is 10.4. The van der Waals surface area contributed by atoms with Crippen LogP contribution in [-0.2, 0) is 14.3 Å². The number of carbonyl (C=O) groups excluding carboxylic acids is 2. The van der Waals surface area contributed by atoms with Gasteiger partial charge in [0, 0.05) is 18.2 Å². The van der Waals surface area contributed by atoms with E-state index in [2.05, 4.69) is 21.0 Å². The molecule has 1 fully saturated rings. The second-order valence-electron chi connectivity index (χ2n) is 8.62. The Bertz CT molecular complexity index is 1000. The minimum Gasteiger partial charge on any atom is -0.481 e. The molecule has 5 N–H and O–H groups in total. The predicted octanol–water partition coefficient (Wildman–Crippen LogP) is 2.32. The molecule has 1 saturated carbocycles. The number of aliphatic hydroxyl groups excluding tert-OH is 1. The number of pyridine rings is 2. The number of aromatic nitrogens is 2. The summed E-state index contributed by atoms with van der Waals surface area (Å²) in [6.07, 6.45) is 0.446. The Balaban J connectivity index is 0.000000890. The molecule has 0 saturated heterocycles. The lowest BCUT2D eigenvalue weighted by atomic mass is 9.79. The Labute approximate surface area is 191 Å². The van der Waals surface area contributed by atoms with Crippen molar-refractivity contribution in [2.45, 2.75) is 51.7 Å². The number of rotatable bonds is 4. The van der Waals surface area contributed by atoms with Gasteiger partial charge < -0.3 is 30.7 Å².